The average Bonchev–Trinajstić information content (AvgIpc) is 3.73. The Kier molecular flexibility index (Phi) is 6.66. The van der Waals surface area contributed by atoms with E-state index in [-0.39, 0.29) is 5.41 Å². The molecule has 1 aliphatic carbocycles. The maximum absolute atomic E-state index is 2.51. The van der Waals surface area contributed by atoms with E-state index >= 15 is 0 Å². The number of hydrogen-bond acceptors (Lipinski definition) is 1. The molecule has 1 aliphatic rings. The predicted octanol–water partition coefficient (Wildman–Crippen LogP) is 16.0. The molecule has 56 heavy (non-hydrogen) atoms. The third-order valence-corrected chi connectivity index (χ3v) is 13.7. The van der Waals surface area contributed by atoms with Gasteiger partial charge in [0.25, 0.3) is 0 Å². The van der Waals surface area contributed by atoms with Gasteiger partial charge in [0, 0.05) is 25.6 Å². The van der Waals surface area contributed by atoms with E-state index in [1.165, 1.54) is 119 Å². The lowest BCUT2D eigenvalue weighted by Crippen LogP contribution is -2.14. The Morgan fingerprint density at radius 3 is 1.57 bits per heavy atom. The molecular weight excluding hydrogens is 693 g/mol. The highest BCUT2D eigenvalue weighted by atomic mass is 32.1. The molecule has 1 heterocycles. The zero-order chi connectivity index (χ0) is 37.1. The van der Waals surface area contributed by atoms with Crippen molar-refractivity contribution in [3.8, 4) is 44.5 Å². The monoisotopic (exact) mass is 728 g/mol. The van der Waals surface area contributed by atoms with Crippen molar-refractivity contribution in [2.75, 3.05) is 0 Å². The first-order chi connectivity index (χ1) is 27.5. The van der Waals surface area contributed by atoms with Crippen LogP contribution in [0.4, 0.5) is 0 Å². The van der Waals surface area contributed by atoms with Crippen LogP contribution in [0.5, 0.6) is 0 Å². The van der Waals surface area contributed by atoms with Gasteiger partial charge >= 0.3 is 0 Å². The van der Waals surface area contributed by atoms with Crippen LogP contribution in [-0.4, -0.2) is 0 Å². The molecule has 1 heteroatoms. The van der Waals surface area contributed by atoms with Crippen molar-refractivity contribution in [1.29, 1.82) is 0 Å². The fraction of sp³-hybridized carbons (Fsp3) is 0.0545. The van der Waals surface area contributed by atoms with Crippen LogP contribution in [0.25, 0.3) is 108 Å². The fourth-order valence-corrected chi connectivity index (χ4v) is 11.0. The van der Waals surface area contributed by atoms with Gasteiger partial charge in [0.1, 0.15) is 0 Å². The molecule has 0 N–H and O–H groups in total. The Morgan fingerprint density at radius 2 is 0.875 bits per heavy atom. The largest absolute Gasteiger partial charge is 0.135 e. The maximum Gasteiger partial charge on any atom is 0.0361 e. The average molecular weight is 729 g/mol. The topological polar surface area (TPSA) is 0 Å². The van der Waals surface area contributed by atoms with Gasteiger partial charge in [0.15, 0.2) is 0 Å². The first-order valence-electron chi connectivity index (χ1n) is 19.6. The molecule has 0 unspecified atom stereocenters. The van der Waals surface area contributed by atoms with Crippen molar-refractivity contribution in [2.45, 2.75) is 19.3 Å². The Labute approximate surface area is 329 Å². The minimum Gasteiger partial charge on any atom is -0.135 e. The molecule has 0 fully saturated rings. The van der Waals surface area contributed by atoms with Crippen molar-refractivity contribution < 1.29 is 0 Å². The van der Waals surface area contributed by atoms with Gasteiger partial charge in [-0.05, 0) is 141 Å². The zero-order valence-electron chi connectivity index (χ0n) is 31.2. The normalized spacial score (nSPS) is 13.3. The van der Waals surface area contributed by atoms with Gasteiger partial charge < -0.3 is 0 Å². The van der Waals surface area contributed by atoms with E-state index in [0.717, 1.165) is 0 Å². The third kappa shape index (κ3) is 4.53. The van der Waals surface area contributed by atoms with Crippen LogP contribution in [-0.2, 0) is 5.41 Å². The molecule has 0 saturated carbocycles. The van der Waals surface area contributed by atoms with Gasteiger partial charge in [-0.1, -0.05) is 153 Å². The van der Waals surface area contributed by atoms with Crippen LogP contribution >= 0.6 is 11.3 Å². The first-order valence-corrected chi connectivity index (χ1v) is 20.4. The summed E-state index contributed by atoms with van der Waals surface area (Å²) >= 11 is 1.90. The van der Waals surface area contributed by atoms with Crippen LogP contribution in [0.3, 0.4) is 0 Å². The first kappa shape index (κ1) is 31.8. The molecule has 0 aliphatic heterocycles. The van der Waals surface area contributed by atoms with Gasteiger partial charge in [-0.3, -0.25) is 0 Å². The smallest absolute Gasteiger partial charge is 0.0361 e. The summed E-state index contributed by atoms with van der Waals surface area (Å²) in [7, 11) is 0. The second-order valence-electron chi connectivity index (χ2n) is 16.0. The highest BCUT2D eigenvalue weighted by Crippen LogP contribution is 2.53. The van der Waals surface area contributed by atoms with Crippen LogP contribution in [0, 0.1) is 0 Å². The molecule has 11 aromatic rings. The van der Waals surface area contributed by atoms with E-state index in [0.29, 0.717) is 0 Å². The van der Waals surface area contributed by atoms with Gasteiger partial charge in [-0.25, -0.2) is 0 Å². The summed E-state index contributed by atoms with van der Waals surface area (Å²) in [4.78, 5) is 0. The second-order valence-corrected chi connectivity index (χ2v) is 17.1. The molecule has 0 amide bonds. The Bertz CT molecular complexity index is 3380. The van der Waals surface area contributed by atoms with Crippen LogP contribution in [0.2, 0.25) is 0 Å². The minimum absolute atomic E-state index is 0.114. The van der Waals surface area contributed by atoms with Crippen molar-refractivity contribution in [1.82, 2.24) is 0 Å². The molecule has 0 atom stereocenters. The lowest BCUT2D eigenvalue weighted by Gasteiger charge is -2.22. The van der Waals surface area contributed by atoms with Gasteiger partial charge in [0.05, 0.1) is 0 Å². The van der Waals surface area contributed by atoms with E-state index in [4.69, 9.17) is 0 Å². The lowest BCUT2D eigenvalue weighted by molar-refractivity contribution is 0.661. The summed E-state index contributed by atoms with van der Waals surface area (Å²) in [6.45, 7) is 4.81. The van der Waals surface area contributed by atoms with E-state index in [1.807, 2.05) is 11.3 Å². The molecule has 0 bridgehead atoms. The fourth-order valence-electron chi connectivity index (χ4n) is 9.91. The van der Waals surface area contributed by atoms with Gasteiger partial charge in [-0.2, -0.15) is 0 Å². The number of benzene rings is 10. The zero-order valence-corrected chi connectivity index (χ0v) is 32.0. The number of rotatable bonds is 3. The van der Waals surface area contributed by atoms with Crippen LogP contribution in [0.1, 0.15) is 25.0 Å². The summed E-state index contributed by atoms with van der Waals surface area (Å²) in [6, 6.07) is 68.3. The van der Waals surface area contributed by atoms with E-state index in [1.54, 1.807) is 0 Å². The molecule has 262 valence electrons. The molecule has 0 saturated heterocycles. The quantitative estimate of drug-likeness (QED) is 0.159. The van der Waals surface area contributed by atoms with E-state index in [2.05, 4.69) is 196 Å². The predicted molar refractivity (Wildman–Crippen MR) is 243 cm³/mol. The SMILES string of the molecule is CC1(C)c2ccc(-c3c4ccccc4c(-c4ccc5cc(-c6ccccc6)ccc5c4)c4ccccc34)cc2-c2cc3ccc4sc5ccccc5c4c3cc21. The molecule has 0 nitrogen and oxygen atoms in total. The summed E-state index contributed by atoms with van der Waals surface area (Å²) in [5.74, 6) is 0. The molecule has 0 spiro atoms. The molecule has 10 aromatic carbocycles. The number of hydrogen-bond donors (Lipinski definition) is 0. The Hall–Kier alpha value is -6.54. The molecular formula is C55H36S. The number of fused-ring (bicyclic) bond motifs is 11. The summed E-state index contributed by atoms with van der Waals surface area (Å²) in [5, 5.41) is 13.0. The summed E-state index contributed by atoms with van der Waals surface area (Å²) in [6.07, 6.45) is 0. The molecule has 12 rings (SSSR count). The lowest BCUT2D eigenvalue weighted by atomic mass is 9.81. The second kappa shape index (κ2) is 11.7. The van der Waals surface area contributed by atoms with E-state index < -0.39 is 0 Å². The maximum atomic E-state index is 2.51. The van der Waals surface area contributed by atoms with Crippen LogP contribution in [0.15, 0.2) is 182 Å². The summed E-state index contributed by atoms with van der Waals surface area (Å²) < 4.78 is 2.71. The van der Waals surface area contributed by atoms with Gasteiger partial charge in [-0.15, -0.1) is 11.3 Å². The highest BCUT2D eigenvalue weighted by Gasteiger charge is 2.36. The standard InChI is InChI=1S/C55H36S/c1-55(2)48-26-24-39(31-46(48)47-30-37-25-27-51-54(45(37)32-49(47)55)44-18-10-11-19-50(44)56-51)53-42-16-8-6-14-40(42)52(41-15-7-9-17-43(41)53)38-23-22-35-28-34(20-21-36(35)29-38)33-12-4-3-5-13-33/h3-32H,1-2H3. The molecule has 0 radical (unpaired) electrons. The van der Waals surface area contributed by atoms with Crippen molar-refractivity contribution in [2.24, 2.45) is 0 Å². The highest BCUT2D eigenvalue weighted by molar-refractivity contribution is 7.26. The third-order valence-electron chi connectivity index (χ3n) is 12.6. The molecule has 1 aromatic heterocycles. The minimum atomic E-state index is -0.114. The number of thiophene rings is 1. The van der Waals surface area contributed by atoms with E-state index in [9.17, 15) is 0 Å². The van der Waals surface area contributed by atoms with Crippen molar-refractivity contribution in [3.05, 3.63) is 193 Å². The van der Waals surface area contributed by atoms with Crippen molar-refractivity contribution in [3.63, 3.8) is 0 Å². The Morgan fingerprint density at radius 1 is 0.339 bits per heavy atom. The van der Waals surface area contributed by atoms with Crippen molar-refractivity contribution >= 4 is 74.6 Å². The Balaban J connectivity index is 1.05. The van der Waals surface area contributed by atoms with Crippen LogP contribution < -0.4 is 0 Å². The summed E-state index contributed by atoms with van der Waals surface area (Å²) in [5.41, 5.74) is 13.0. The van der Waals surface area contributed by atoms with Gasteiger partial charge in [0.2, 0.25) is 0 Å².